The predicted molar refractivity (Wildman–Crippen MR) is 69.6 cm³/mol. The van der Waals surface area contributed by atoms with Crippen LogP contribution < -0.4 is 5.73 Å². The lowest BCUT2D eigenvalue weighted by Crippen LogP contribution is -2.39. The van der Waals surface area contributed by atoms with Gasteiger partial charge in [-0.05, 0) is 25.1 Å². The molecule has 1 unspecified atom stereocenters. The second-order valence-electron chi connectivity index (χ2n) is 4.42. The average Bonchev–Trinajstić information content (AvgIpc) is 2.43. The lowest BCUT2D eigenvalue weighted by atomic mass is 10.1. The van der Waals surface area contributed by atoms with Crippen molar-refractivity contribution in [3.63, 3.8) is 0 Å². The van der Waals surface area contributed by atoms with Gasteiger partial charge in [0.1, 0.15) is 0 Å². The van der Waals surface area contributed by atoms with Gasteiger partial charge in [0.2, 0.25) is 10.0 Å². The van der Waals surface area contributed by atoms with Crippen LogP contribution in [-0.4, -0.2) is 32.4 Å². The zero-order valence-corrected chi connectivity index (χ0v) is 12.2. The summed E-state index contributed by atoms with van der Waals surface area (Å²) in [5.41, 5.74) is 3.47. The van der Waals surface area contributed by atoms with Gasteiger partial charge in [0.25, 0.3) is 0 Å². The maximum atomic E-state index is 12.7. The Kier molecular flexibility index (Phi) is 4.99. The van der Waals surface area contributed by atoms with Gasteiger partial charge in [-0.25, -0.2) is 8.42 Å². The Labute approximate surface area is 120 Å². The molecule has 9 heteroatoms. The van der Waals surface area contributed by atoms with Gasteiger partial charge < -0.3 is 5.73 Å². The van der Waals surface area contributed by atoms with Crippen LogP contribution in [0.4, 0.5) is 13.2 Å². The van der Waals surface area contributed by atoms with E-state index in [2.05, 4.69) is 0 Å². The van der Waals surface area contributed by atoms with Crippen LogP contribution in [0.15, 0.2) is 23.1 Å². The number of sulfonamides is 1. The molecule has 0 saturated heterocycles. The molecule has 21 heavy (non-hydrogen) atoms. The monoisotopic (exact) mass is 321 g/mol. The predicted octanol–water partition coefficient (Wildman–Crippen LogP) is 1.54. The third kappa shape index (κ3) is 3.53. The fourth-order valence-corrected chi connectivity index (χ4v) is 2.97. The summed E-state index contributed by atoms with van der Waals surface area (Å²) in [6.45, 7) is 1.62. The maximum absolute atomic E-state index is 12.7. The lowest BCUT2D eigenvalue weighted by molar-refractivity contribution is -0.137. The van der Waals surface area contributed by atoms with Gasteiger partial charge in [0, 0.05) is 19.6 Å². The molecule has 1 aromatic carbocycles. The smallest absolute Gasteiger partial charge is 0.329 e. The number of nitrogens with two attached hydrogens (primary N) is 1. The molecule has 0 spiro atoms. The normalized spacial score (nSPS) is 14.0. The first-order valence-corrected chi connectivity index (χ1v) is 7.29. The Morgan fingerprint density at radius 2 is 2.00 bits per heavy atom. The minimum atomic E-state index is -4.72. The Balaban J connectivity index is 3.38. The highest BCUT2D eigenvalue weighted by molar-refractivity contribution is 7.89. The Hall–Kier alpha value is -1.63. The second-order valence-corrected chi connectivity index (χ2v) is 6.42. The van der Waals surface area contributed by atoms with Crippen molar-refractivity contribution in [1.29, 1.82) is 5.26 Å². The van der Waals surface area contributed by atoms with E-state index >= 15 is 0 Å². The number of benzene rings is 1. The summed E-state index contributed by atoms with van der Waals surface area (Å²) in [6, 6.07) is 2.99. The number of rotatable bonds is 4. The minimum Gasteiger partial charge on any atom is -0.329 e. The zero-order chi connectivity index (χ0) is 16.4. The van der Waals surface area contributed by atoms with Crippen LogP contribution in [0.2, 0.25) is 0 Å². The van der Waals surface area contributed by atoms with Crippen LogP contribution in [0.25, 0.3) is 0 Å². The van der Waals surface area contributed by atoms with Crippen molar-refractivity contribution in [2.45, 2.75) is 24.0 Å². The summed E-state index contributed by atoms with van der Waals surface area (Å²) in [7, 11) is -2.74. The number of nitriles is 1. The third-order valence-electron chi connectivity index (χ3n) is 3.06. The molecular formula is C12H14F3N3O2S. The molecule has 0 radical (unpaired) electrons. The Morgan fingerprint density at radius 1 is 1.43 bits per heavy atom. The quantitative estimate of drug-likeness (QED) is 0.911. The molecule has 0 heterocycles. The summed E-state index contributed by atoms with van der Waals surface area (Å²) in [5, 5.41) is 8.79. The largest absolute Gasteiger partial charge is 0.417 e. The summed E-state index contributed by atoms with van der Waals surface area (Å²) in [5.74, 6) is 0. The van der Waals surface area contributed by atoms with E-state index in [1.165, 1.54) is 13.1 Å². The summed E-state index contributed by atoms with van der Waals surface area (Å²) < 4.78 is 63.5. The molecule has 0 bridgehead atoms. The van der Waals surface area contributed by atoms with Gasteiger partial charge in [-0.2, -0.15) is 22.7 Å². The van der Waals surface area contributed by atoms with E-state index in [4.69, 9.17) is 11.0 Å². The molecule has 5 nitrogen and oxygen atoms in total. The fourth-order valence-electron chi connectivity index (χ4n) is 1.58. The first-order valence-electron chi connectivity index (χ1n) is 5.85. The number of halogens is 3. The van der Waals surface area contributed by atoms with Crippen LogP contribution in [0.5, 0.6) is 0 Å². The first kappa shape index (κ1) is 17.4. The first-order chi connectivity index (χ1) is 9.55. The van der Waals surface area contributed by atoms with E-state index in [9.17, 15) is 21.6 Å². The number of hydrogen-bond donors (Lipinski definition) is 1. The van der Waals surface area contributed by atoms with Crippen molar-refractivity contribution in [3.05, 3.63) is 29.3 Å². The zero-order valence-electron chi connectivity index (χ0n) is 11.3. The van der Waals surface area contributed by atoms with Gasteiger partial charge in [-0.1, -0.05) is 0 Å². The van der Waals surface area contributed by atoms with Crippen LogP contribution in [0.1, 0.15) is 18.1 Å². The SMILES string of the molecule is CC(CN)N(C)S(=O)(=O)c1ccc(C(F)(F)F)c(C#N)c1. The van der Waals surface area contributed by atoms with E-state index in [1.54, 1.807) is 6.92 Å². The van der Waals surface area contributed by atoms with Crippen molar-refractivity contribution in [2.24, 2.45) is 5.73 Å². The standard InChI is InChI=1S/C12H14F3N3O2S/c1-8(6-16)18(2)21(19,20)10-3-4-11(12(13,14)15)9(5-10)7-17/h3-5,8H,6,16H2,1-2H3. The van der Waals surface area contributed by atoms with Gasteiger partial charge in [-0.15, -0.1) is 0 Å². The fraction of sp³-hybridized carbons (Fsp3) is 0.417. The molecule has 116 valence electrons. The molecular weight excluding hydrogens is 307 g/mol. The lowest BCUT2D eigenvalue weighted by Gasteiger charge is -2.23. The summed E-state index contributed by atoms with van der Waals surface area (Å²) in [6.07, 6.45) is -4.72. The van der Waals surface area contributed by atoms with Crippen molar-refractivity contribution in [1.82, 2.24) is 4.31 Å². The van der Waals surface area contributed by atoms with Gasteiger partial charge in [-0.3, -0.25) is 0 Å². The highest BCUT2D eigenvalue weighted by atomic mass is 32.2. The molecule has 0 aliphatic heterocycles. The molecule has 1 aromatic rings. The van der Waals surface area contributed by atoms with E-state index in [1.807, 2.05) is 0 Å². The molecule has 1 rings (SSSR count). The highest BCUT2D eigenvalue weighted by Gasteiger charge is 2.35. The number of alkyl halides is 3. The van der Waals surface area contributed by atoms with Crippen molar-refractivity contribution in [3.8, 4) is 6.07 Å². The average molecular weight is 321 g/mol. The van der Waals surface area contributed by atoms with Gasteiger partial charge in [0.05, 0.1) is 22.1 Å². The molecule has 1 atom stereocenters. The van der Waals surface area contributed by atoms with Crippen LogP contribution in [-0.2, 0) is 16.2 Å². The topological polar surface area (TPSA) is 87.2 Å². The van der Waals surface area contributed by atoms with E-state index in [0.717, 1.165) is 16.4 Å². The second kappa shape index (κ2) is 6.01. The number of hydrogen-bond acceptors (Lipinski definition) is 4. The molecule has 0 fully saturated rings. The molecule has 0 aliphatic rings. The Bertz CT molecular complexity index is 665. The van der Waals surface area contributed by atoms with Crippen molar-refractivity contribution >= 4 is 10.0 Å². The summed E-state index contributed by atoms with van der Waals surface area (Å²) >= 11 is 0. The van der Waals surface area contributed by atoms with E-state index in [-0.39, 0.29) is 11.4 Å². The molecule has 0 amide bonds. The number of nitrogens with zero attached hydrogens (tertiary/aromatic N) is 2. The molecule has 0 aliphatic carbocycles. The number of likely N-dealkylation sites (N-methyl/N-ethyl adjacent to an activating group) is 1. The highest BCUT2D eigenvalue weighted by Crippen LogP contribution is 2.33. The minimum absolute atomic E-state index is 0.0570. The van der Waals surface area contributed by atoms with Crippen LogP contribution >= 0.6 is 0 Å². The third-order valence-corrected chi connectivity index (χ3v) is 5.02. The Morgan fingerprint density at radius 3 is 2.43 bits per heavy atom. The van der Waals surface area contributed by atoms with Gasteiger partial charge >= 0.3 is 6.18 Å². The van der Waals surface area contributed by atoms with E-state index in [0.29, 0.717) is 6.07 Å². The molecule has 0 aromatic heterocycles. The van der Waals surface area contributed by atoms with Crippen molar-refractivity contribution < 1.29 is 21.6 Å². The van der Waals surface area contributed by atoms with Crippen LogP contribution in [0.3, 0.4) is 0 Å². The van der Waals surface area contributed by atoms with Crippen molar-refractivity contribution in [2.75, 3.05) is 13.6 Å². The molecule has 2 N–H and O–H groups in total. The van der Waals surface area contributed by atoms with Gasteiger partial charge in [0.15, 0.2) is 0 Å². The summed E-state index contributed by atoms with van der Waals surface area (Å²) in [4.78, 5) is -0.380. The van der Waals surface area contributed by atoms with E-state index < -0.39 is 33.4 Å². The maximum Gasteiger partial charge on any atom is 0.417 e. The molecule has 0 saturated carbocycles. The van der Waals surface area contributed by atoms with Crippen LogP contribution in [0, 0.1) is 11.3 Å².